The molecule has 0 aliphatic rings. The molecule has 2 rings (SSSR count). The number of thiophene rings is 1. The van der Waals surface area contributed by atoms with Gasteiger partial charge in [0.05, 0.1) is 0 Å². The summed E-state index contributed by atoms with van der Waals surface area (Å²) in [5.74, 6) is 0. The number of benzene rings is 1. The molecule has 2 N–H and O–H groups in total. The van der Waals surface area contributed by atoms with Crippen LogP contribution in [0.5, 0.6) is 0 Å². The van der Waals surface area contributed by atoms with Gasteiger partial charge in [0, 0.05) is 28.5 Å². The number of carbonyl (C=O) groups is 1. The summed E-state index contributed by atoms with van der Waals surface area (Å²) in [5, 5.41) is 6.23. The highest BCUT2D eigenvalue weighted by Gasteiger charge is 2.16. The van der Waals surface area contributed by atoms with Gasteiger partial charge in [0.2, 0.25) is 0 Å². The Balaban J connectivity index is 1.93. The highest BCUT2D eigenvalue weighted by molar-refractivity contribution is 7.11. The average molecular weight is 332 g/mol. The molecule has 0 unspecified atom stereocenters. The van der Waals surface area contributed by atoms with Crippen molar-refractivity contribution >= 4 is 23.1 Å². The fourth-order valence-corrected chi connectivity index (χ4v) is 2.92. The van der Waals surface area contributed by atoms with Gasteiger partial charge in [0.15, 0.2) is 0 Å². The van der Waals surface area contributed by atoms with Crippen LogP contribution in [0.15, 0.2) is 36.4 Å². The van der Waals surface area contributed by atoms with Crippen LogP contribution in [0.2, 0.25) is 0 Å². The Hall–Kier alpha value is -2.01. The summed E-state index contributed by atoms with van der Waals surface area (Å²) < 4.78 is 5.26. The lowest BCUT2D eigenvalue weighted by Gasteiger charge is -2.20. The lowest BCUT2D eigenvalue weighted by Crippen LogP contribution is -2.32. The van der Waals surface area contributed by atoms with Gasteiger partial charge >= 0.3 is 6.09 Å². The van der Waals surface area contributed by atoms with Crippen LogP contribution in [0.3, 0.4) is 0 Å². The van der Waals surface area contributed by atoms with E-state index in [2.05, 4.69) is 29.7 Å². The third kappa shape index (κ3) is 5.94. The van der Waals surface area contributed by atoms with Crippen molar-refractivity contribution in [3.05, 3.63) is 51.7 Å². The van der Waals surface area contributed by atoms with Crippen molar-refractivity contribution in [1.29, 1.82) is 0 Å². The van der Waals surface area contributed by atoms with E-state index in [1.807, 2.05) is 45.0 Å². The Labute approximate surface area is 141 Å². The highest BCUT2D eigenvalue weighted by atomic mass is 32.1. The smallest absolute Gasteiger partial charge is 0.407 e. The van der Waals surface area contributed by atoms with Crippen molar-refractivity contribution < 1.29 is 9.53 Å². The van der Waals surface area contributed by atoms with Crippen LogP contribution >= 0.6 is 11.3 Å². The summed E-state index contributed by atoms with van der Waals surface area (Å²) in [6, 6.07) is 12.2. The summed E-state index contributed by atoms with van der Waals surface area (Å²) in [6.07, 6.45) is -0.402. The summed E-state index contributed by atoms with van der Waals surface area (Å²) in [7, 11) is 0. The molecule has 2 aromatic rings. The molecule has 124 valence electrons. The molecule has 4 nitrogen and oxygen atoms in total. The van der Waals surface area contributed by atoms with Gasteiger partial charge in [-0.25, -0.2) is 4.79 Å². The molecule has 1 heterocycles. The van der Waals surface area contributed by atoms with Crippen LogP contribution in [0.4, 0.5) is 10.5 Å². The van der Waals surface area contributed by atoms with Crippen molar-refractivity contribution in [2.45, 2.75) is 46.4 Å². The number of ether oxygens (including phenoxy) is 1. The first kappa shape index (κ1) is 17.3. The highest BCUT2D eigenvalue weighted by Crippen LogP contribution is 2.20. The first-order valence-corrected chi connectivity index (χ1v) is 8.49. The topological polar surface area (TPSA) is 50.4 Å². The number of amides is 1. The predicted molar refractivity (Wildman–Crippen MR) is 95.9 cm³/mol. The number of nitrogens with one attached hydrogen (secondary N) is 2. The molecular weight excluding hydrogens is 308 g/mol. The second-order valence-corrected chi connectivity index (χ2v) is 7.75. The Morgan fingerprint density at radius 1 is 1.13 bits per heavy atom. The van der Waals surface area contributed by atoms with Gasteiger partial charge in [-0.15, -0.1) is 11.3 Å². The van der Waals surface area contributed by atoms with E-state index >= 15 is 0 Å². The minimum atomic E-state index is -0.487. The van der Waals surface area contributed by atoms with Gasteiger partial charge < -0.3 is 15.4 Å². The molecule has 0 fully saturated rings. The normalized spacial score (nSPS) is 11.1. The first-order chi connectivity index (χ1) is 10.8. The molecule has 0 saturated carbocycles. The lowest BCUT2D eigenvalue weighted by atomic mass is 10.1. The first-order valence-electron chi connectivity index (χ1n) is 7.67. The maximum atomic E-state index is 11.8. The van der Waals surface area contributed by atoms with Crippen LogP contribution in [-0.2, 0) is 17.8 Å². The lowest BCUT2D eigenvalue weighted by molar-refractivity contribution is 0.0523. The maximum Gasteiger partial charge on any atom is 0.407 e. The minimum Gasteiger partial charge on any atom is -0.444 e. The summed E-state index contributed by atoms with van der Waals surface area (Å²) >= 11 is 1.79. The second kappa shape index (κ2) is 7.51. The maximum absolute atomic E-state index is 11.8. The Morgan fingerprint density at radius 2 is 1.87 bits per heavy atom. The molecule has 0 radical (unpaired) electrons. The Morgan fingerprint density at radius 3 is 2.52 bits per heavy atom. The fraction of sp³-hybridized carbons (Fsp3) is 0.389. The molecule has 1 aromatic heterocycles. The van der Waals surface area contributed by atoms with Crippen LogP contribution in [-0.4, -0.2) is 11.7 Å². The molecule has 23 heavy (non-hydrogen) atoms. The zero-order valence-electron chi connectivity index (χ0n) is 14.1. The zero-order chi connectivity index (χ0) is 16.9. The number of alkyl carbamates (subject to hydrolysis) is 1. The summed E-state index contributed by atoms with van der Waals surface area (Å²) in [4.78, 5) is 14.4. The Bertz CT molecular complexity index is 659. The van der Waals surface area contributed by atoms with Gasteiger partial charge in [-0.1, -0.05) is 18.2 Å². The van der Waals surface area contributed by atoms with Gasteiger partial charge in [0.1, 0.15) is 5.60 Å². The van der Waals surface area contributed by atoms with E-state index in [4.69, 9.17) is 4.74 Å². The molecule has 0 saturated heterocycles. The van der Waals surface area contributed by atoms with Crippen molar-refractivity contribution in [2.75, 3.05) is 5.32 Å². The SMILES string of the molecule is Cc1ccc(CNc2ccccc2CNC(=O)OC(C)(C)C)s1. The molecule has 0 spiro atoms. The fourth-order valence-electron chi connectivity index (χ4n) is 2.09. The standard InChI is InChI=1S/C18H24N2O2S/c1-13-9-10-15(23-13)12-19-16-8-6-5-7-14(16)11-20-17(21)22-18(2,3)4/h5-10,19H,11-12H2,1-4H3,(H,20,21). The van der Waals surface area contributed by atoms with Gasteiger partial charge in [-0.05, 0) is 51.5 Å². The monoisotopic (exact) mass is 332 g/mol. The van der Waals surface area contributed by atoms with E-state index in [0.717, 1.165) is 17.8 Å². The summed E-state index contributed by atoms with van der Waals surface area (Å²) in [5.41, 5.74) is 1.57. The second-order valence-electron chi connectivity index (χ2n) is 6.38. The van der Waals surface area contributed by atoms with Crippen LogP contribution in [0.25, 0.3) is 0 Å². The molecule has 0 aliphatic heterocycles. The van der Waals surface area contributed by atoms with E-state index in [1.54, 1.807) is 11.3 Å². The van der Waals surface area contributed by atoms with E-state index in [1.165, 1.54) is 9.75 Å². The molecule has 0 aliphatic carbocycles. The van der Waals surface area contributed by atoms with Crippen LogP contribution < -0.4 is 10.6 Å². The number of hydrogen-bond donors (Lipinski definition) is 2. The molecule has 0 bridgehead atoms. The quantitative estimate of drug-likeness (QED) is 0.835. The Kier molecular flexibility index (Phi) is 5.66. The molecular formula is C18H24N2O2S. The minimum absolute atomic E-state index is 0.402. The number of rotatable bonds is 5. The number of anilines is 1. The van der Waals surface area contributed by atoms with E-state index in [9.17, 15) is 4.79 Å². The third-order valence-electron chi connectivity index (χ3n) is 3.09. The number of para-hydroxylation sites is 1. The molecule has 5 heteroatoms. The zero-order valence-corrected chi connectivity index (χ0v) is 14.9. The van der Waals surface area contributed by atoms with E-state index < -0.39 is 11.7 Å². The largest absolute Gasteiger partial charge is 0.444 e. The summed E-state index contributed by atoms with van der Waals surface area (Å²) in [6.45, 7) is 8.87. The van der Waals surface area contributed by atoms with Crippen LogP contribution in [0, 0.1) is 6.92 Å². The van der Waals surface area contributed by atoms with Crippen molar-refractivity contribution in [2.24, 2.45) is 0 Å². The number of carbonyl (C=O) groups excluding carboxylic acids is 1. The average Bonchev–Trinajstić information content (AvgIpc) is 2.87. The number of hydrogen-bond acceptors (Lipinski definition) is 4. The van der Waals surface area contributed by atoms with Crippen molar-refractivity contribution in [3.8, 4) is 0 Å². The van der Waals surface area contributed by atoms with E-state index in [0.29, 0.717) is 6.54 Å². The van der Waals surface area contributed by atoms with E-state index in [-0.39, 0.29) is 0 Å². The predicted octanol–water partition coefficient (Wildman–Crippen LogP) is 4.69. The van der Waals surface area contributed by atoms with Gasteiger partial charge in [0.25, 0.3) is 0 Å². The van der Waals surface area contributed by atoms with Crippen LogP contribution in [0.1, 0.15) is 36.1 Å². The van der Waals surface area contributed by atoms with Gasteiger partial charge in [-0.3, -0.25) is 0 Å². The number of aryl methyl sites for hydroxylation is 1. The van der Waals surface area contributed by atoms with Crippen molar-refractivity contribution in [1.82, 2.24) is 5.32 Å². The molecule has 0 atom stereocenters. The molecule has 1 aromatic carbocycles. The van der Waals surface area contributed by atoms with Crippen molar-refractivity contribution in [3.63, 3.8) is 0 Å². The molecule has 1 amide bonds. The third-order valence-corrected chi connectivity index (χ3v) is 4.09. The van der Waals surface area contributed by atoms with Gasteiger partial charge in [-0.2, -0.15) is 0 Å².